The predicted molar refractivity (Wildman–Crippen MR) is 57.1 cm³/mol. The lowest BCUT2D eigenvalue weighted by Crippen LogP contribution is -2.20. The zero-order valence-corrected chi connectivity index (χ0v) is 8.97. The molecule has 1 aliphatic heterocycles. The number of hydrogen-bond acceptors (Lipinski definition) is 2. The minimum Gasteiger partial charge on any atom is -0.124 e. The Morgan fingerprint density at radius 3 is 2.58 bits per heavy atom. The zero-order chi connectivity index (χ0) is 8.60. The molecule has 0 spiro atoms. The van der Waals surface area contributed by atoms with Crippen LogP contribution in [0.3, 0.4) is 0 Å². The van der Waals surface area contributed by atoms with Gasteiger partial charge in [-0.25, -0.2) is 0 Å². The lowest BCUT2D eigenvalue weighted by atomic mass is 10.2. The van der Waals surface area contributed by atoms with Crippen LogP contribution in [0.2, 0.25) is 0 Å². The Hall–Kier alpha value is -0.0800. The lowest BCUT2D eigenvalue weighted by molar-refractivity contribution is 0.806. The summed E-state index contributed by atoms with van der Waals surface area (Å²) in [4.78, 5) is 2.89. The first kappa shape index (κ1) is 8.52. The fourth-order valence-corrected chi connectivity index (χ4v) is 3.75. The summed E-state index contributed by atoms with van der Waals surface area (Å²) in [5.74, 6) is 1.22. The molecular weight excluding hydrogens is 184 g/mol. The molecule has 0 nitrogen and oxygen atoms in total. The molecule has 1 aromatic carbocycles. The molecule has 0 saturated carbocycles. The minimum atomic E-state index is 0.402. The van der Waals surface area contributed by atoms with Gasteiger partial charge in [0.05, 0.1) is 0 Å². The van der Waals surface area contributed by atoms with Crippen molar-refractivity contribution >= 4 is 23.5 Å². The van der Waals surface area contributed by atoms with Gasteiger partial charge < -0.3 is 0 Å². The van der Waals surface area contributed by atoms with Crippen LogP contribution >= 0.6 is 23.5 Å². The standard InChI is InChI=1S/C10H12S2/c1-10(2)7-11-8-5-3-4-6-9(8)12-10/h3-6H,7H2,1-2H3. The van der Waals surface area contributed by atoms with Gasteiger partial charge in [-0.1, -0.05) is 12.1 Å². The fourth-order valence-electron chi connectivity index (χ4n) is 1.23. The van der Waals surface area contributed by atoms with E-state index in [2.05, 4.69) is 38.1 Å². The Kier molecular flexibility index (Phi) is 2.13. The first-order valence-electron chi connectivity index (χ1n) is 4.08. The monoisotopic (exact) mass is 196 g/mol. The topological polar surface area (TPSA) is 0 Å². The normalized spacial score (nSPS) is 20.2. The molecule has 12 heavy (non-hydrogen) atoms. The van der Waals surface area contributed by atoms with Crippen LogP contribution in [0.15, 0.2) is 34.1 Å². The van der Waals surface area contributed by atoms with Crippen LogP contribution in [0, 0.1) is 0 Å². The van der Waals surface area contributed by atoms with Gasteiger partial charge >= 0.3 is 0 Å². The van der Waals surface area contributed by atoms with E-state index in [0.717, 1.165) is 0 Å². The highest BCUT2D eigenvalue weighted by atomic mass is 32.2. The van der Waals surface area contributed by atoms with Crippen molar-refractivity contribution in [2.45, 2.75) is 28.4 Å². The largest absolute Gasteiger partial charge is 0.124 e. The first-order valence-corrected chi connectivity index (χ1v) is 5.88. The quantitative estimate of drug-likeness (QED) is 0.621. The molecule has 2 heteroatoms. The molecule has 0 atom stereocenters. The average Bonchev–Trinajstić information content (AvgIpc) is 2.02. The maximum atomic E-state index is 2.31. The number of fused-ring (bicyclic) bond motifs is 1. The smallest absolute Gasteiger partial charge is 0.0245 e. The van der Waals surface area contributed by atoms with E-state index in [1.807, 2.05) is 23.5 Å². The number of rotatable bonds is 0. The van der Waals surface area contributed by atoms with E-state index in [0.29, 0.717) is 4.75 Å². The van der Waals surface area contributed by atoms with Gasteiger partial charge in [-0.15, -0.1) is 23.5 Å². The molecular formula is C10H12S2. The van der Waals surface area contributed by atoms with E-state index in [-0.39, 0.29) is 0 Å². The van der Waals surface area contributed by atoms with E-state index in [9.17, 15) is 0 Å². The third-order valence-corrected chi connectivity index (χ3v) is 4.93. The van der Waals surface area contributed by atoms with Crippen LogP contribution in [0.1, 0.15) is 13.8 Å². The summed E-state index contributed by atoms with van der Waals surface area (Å²) in [6.07, 6.45) is 0. The molecule has 0 saturated heterocycles. The Labute approximate surface area is 82.1 Å². The van der Waals surface area contributed by atoms with Crippen molar-refractivity contribution < 1.29 is 0 Å². The van der Waals surface area contributed by atoms with Crippen molar-refractivity contribution in [3.63, 3.8) is 0 Å². The van der Waals surface area contributed by atoms with E-state index in [1.165, 1.54) is 15.5 Å². The number of benzene rings is 1. The van der Waals surface area contributed by atoms with Crippen LogP contribution in [0.5, 0.6) is 0 Å². The highest BCUT2D eigenvalue weighted by Gasteiger charge is 2.25. The van der Waals surface area contributed by atoms with Gasteiger partial charge in [0.25, 0.3) is 0 Å². The van der Waals surface area contributed by atoms with Gasteiger partial charge in [0.2, 0.25) is 0 Å². The highest BCUT2D eigenvalue weighted by Crippen LogP contribution is 2.45. The molecule has 64 valence electrons. The van der Waals surface area contributed by atoms with Crippen LogP contribution in [-0.2, 0) is 0 Å². The third-order valence-electron chi connectivity index (χ3n) is 1.81. The van der Waals surface area contributed by atoms with Gasteiger partial charge in [0.15, 0.2) is 0 Å². The van der Waals surface area contributed by atoms with E-state index in [1.54, 1.807) is 0 Å². The molecule has 0 N–H and O–H groups in total. The van der Waals surface area contributed by atoms with Gasteiger partial charge in [0, 0.05) is 20.3 Å². The minimum absolute atomic E-state index is 0.402. The predicted octanol–water partition coefficient (Wildman–Crippen LogP) is 3.66. The molecule has 1 aromatic rings. The second-order valence-electron chi connectivity index (χ2n) is 3.60. The van der Waals surface area contributed by atoms with Gasteiger partial charge in [-0.3, -0.25) is 0 Å². The summed E-state index contributed by atoms with van der Waals surface area (Å²) in [6.45, 7) is 4.61. The van der Waals surface area contributed by atoms with E-state index in [4.69, 9.17) is 0 Å². The Bertz CT molecular complexity index is 292. The Morgan fingerprint density at radius 1 is 1.17 bits per heavy atom. The molecule has 0 unspecified atom stereocenters. The summed E-state index contributed by atoms with van der Waals surface area (Å²) < 4.78 is 0.402. The molecule has 0 aromatic heterocycles. The summed E-state index contributed by atoms with van der Waals surface area (Å²) in [7, 11) is 0. The van der Waals surface area contributed by atoms with Crippen molar-refractivity contribution in [2.75, 3.05) is 5.75 Å². The van der Waals surface area contributed by atoms with Crippen molar-refractivity contribution in [3.8, 4) is 0 Å². The first-order chi connectivity index (χ1) is 5.67. The van der Waals surface area contributed by atoms with Gasteiger partial charge in [0.1, 0.15) is 0 Å². The van der Waals surface area contributed by atoms with E-state index >= 15 is 0 Å². The SMILES string of the molecule is CC1(C)CSc2ccccc2S1. The molecule has 0 fully saturated rings. The van der Waals surface area contributed by atoms with Crippen LogP contribution in [0.4, 0.5) is 0 Å². The molecule has 1 heterocycles. The highest BCUT2D eigenvalue weighted by molar-refractivity contribution is 8.06. The summed E-state index contributed by atoms with van der Waals surface area (Å²) in [6, 6.07) is 8.66. The van der Waals surface area contributed by atoms with Crippen LogP contribution in [0.25, 0.3) is 0 Å². The van der Waals surface area contributed by atoms with Crippen LogP contribution in [-0.4, -0.2) is 10.5 Å². The Balaban J connectivity index is 2.35. The molecule has 2 rings (SSSR count). The lowest BCUT2D eigenvalue weighted by Gasteiger charge is -2.29. The molecule has 0 aliphatic carbocycles. The molecule has 0 bridgehead atoms. The summed E-state index contributed by atoms with van der Waals surface area (Å²) in [5.41, 5.74) is 0. The van der Waals surface area contributed by atoms with Crippen molar-refractivity contribution in [1.82, 2.24) is 0 Å². The molecule has 0 radical (unpaired) electrons. The molecule has 1 aliphatic rings. The van der Waals surface area contributed by atoms with Gasteiger partial charge in [-0.05, 0) is 26.0 Å². The van der Waals surface area contributed by atoms with E-state index < -0.39 is 0 Å². The number of hydrogen-bond donors (Lipinski definition) is 0. The Morgan fingerprint density at radius 2 is 1.83 bits per heavy atom. The summed E-state index contributed by atoms with van der Waals surface area (Å²) >= 11 is 3.97. The van der Waals surface area contributed by atoms with Crippen LogP contribution < -0.4 is 0 Å². The van der Waals surface area contributed by atoms with Crippen molar-refractivity contribution in [3.05, 3.63) is 24.3 Å². The second kappa shape index (κ2) is 3.00. The number of thioether (sulfide) groups is 2. The summed E-state index contributed by atoms with van der Waals surface area (Å²) in [5, 5.41) is 0. The second-order valence-corrected chi connectivity index (χ2v) is 6.36. The zero-order valence-electron chi connectivity index (χ0n) is 7.33. The average molecular weight is 196 g/mol. The molecule has 0 amide bonds. The van der Waals surface area contributed by atoms with Crippen molar-refractivity contribution in [1.29, 1.82) is 0 Å². The fraction of sp³-hybridized carbons (Fsp3) is 0.400. The van der Waals surface area contributed by atoms with Crippen molar-refractivity contribution in [2.24, 2.45) is 0 Å². The third kappa shape index (κ3) is 1.64. The maximum absolute atomic E-state index is 2.31. The maximum Gasteiger partial charge on any atom is 0.0245 e. The van der Waals surface area contributed by atoms with Gasteiger partial charge in [-0.2, -0.15) is 0 Å².